The first kappa shape index (κ1) is 18.0. The van der Waals surface area contributed by atoms with E-state index in [0.29, 0.717) is 32.7 Å². The number of nitrogens with one attached hydrogen (secondary N) is 1. The molecule has 6 nitrogen and oxygen atoms in total. The van der Waals surface area contributed by atoms with Crippen LogP contribution in [0, 0.1) is 6.92 Å². The summed E-state index contributed by atoms with van der Waals surface area (Å²) < 4.78 is 1.54. The quantitative estimate of drug-likeness (QED) is 0.524. The molecule has 0 fully saturated rings. The van der Waals surface area contributed by atoms with E-state index in [1.54, 1.807) is 41.9 Å². The van der Waals surface area contributed by atoms with Crippen molar-refractivity contribution in [3.05, 3.63) is 75.5 Å². The highest BCUT2D eigenvalue weighted by Gasteiger charge is 2.13. The fourth-order valence-electron chi connectivity index (χ4n) is 2.30. The van der Waals surface area contributed by atoms with Gasteiger partial charge in [-0.15, -0.1) is 0 Å². The zero-order valence-corrected chi connectivity index (χ0v) is 15.2. The minimum absolute atomic E-state index is 0.00307. The SMILES string of the molecule is Cc1nn(-c2cccc(Cl)c2)c(Cl)c1/C=N\NC(=O)c1cccc(O)c1. The van der Waals surface area contributed by atoms with Gasteiger partial charge in [0.1, 0.15) is 10.9 Å². The van der Waals surface area contributed by atoms with E-state index in [2.05, 4.69) is 15.6 Å². The number of halogens is 2. The number of benzene rings is 2. The van der Waals surface area contributed by atoms with E-state index >= 15 is 0 Å². The van der Waals surface area contributed by atoms with E-state index < -0.39 is 5.91 Å². The number of phenolic OH excluding ortho intramolecular Hbond substituents is 1. The maximum absolute atomic E-state index is 12.0. The van der Waals surface area contributed by atoms with Gasteiger partial charge in [-0.05, 0) is 43.3 Å². The number of amides is 1. The Bertz CT molecular complexity index is 999. The number of aryl methyl sites for hydroxylation is 1. The first-order valence-electron chi connectivity index (χ1n) is 7.59. The second-order valence-electron chi connectivity index (χ2n) is 5.43. The van der Waals surface area contributed by atoms with Crippen LogP contribution in [0.2, 0.25) is 10.2 Å². The fourth-order valence-corrected chi connectivity index (χ4v) is 2.81. The van der Waals surface area contributed by atoms with Gasteiger partial charge in [-0.3, -0.25) is 4.79 Å². The smallest absolute Gasteiger partial charge is 0.271 e. The lowest BCUT2D eigenvalue weighted by Crippen LogP contribution is -2.17. The first-order chi connectivity index (χ1) is 12.5. The molecule has 0 aliphatic carbocycles. The van der Waals surface area contributed by atoms with Crippen LogP contribution in [0.1, 0.15) is 21.6 Å². The average Bonchev–Trinajstić information content (AvgIpc) is 2.90. The van der Waals surface area contributed by atoms with Gasteiger partial charge >= 0.3 is 0 Å². The molecule has 1 aromatic heterocycles. The van der Waals surface area contributed by atoms with Crippen LogP contribution in [0.25, 0.3) is 5.69 Å². The van der Waals surface area contributed by atoms with E-state index in [0.717, 1.165) is 0 Å². The van der Waals surface area contributed by atoms with E-state index in [1.807, 2.05) is 6.07 Å². The number of phenols is 1. The molecule has 0 radical (unpaired) electrons. The molecular formula is C18H14Cl2N4O2. The summed E-state index contributed by atoms with van der Waals surface area (Å²) in [5.74, 6) is -0.448. The molecule has 0 saturated heterocycles. The summed E-state index contributed by atoms with van der Waals surface area (Å²) in [5, 5.41) is 18.6. The van der Waals surface area contributed by atoms with Gasteiger partial charge in [0, 0.05) is 10.6 Å². The first-order valence-corrected chi connectivity index (χ1v) is 8.35. The van der Waals surface area contributed by atoms with E-state index in [-0.39, 0.29) is 5.75 Å². The molecule has 2 N–H and O–H groups in total. The normalized spacial score (nSPS) is 11.0. The molecule has 3 aromatic rings. The van der Waals surface area contributed by atoms with Crippen LogP contribution < -0.4 is 5.43 Å². The van der Waals surface area contributed by atoms with Crippen LogP contribution in [0.4, 0.5) is 0 Å². The predicted molar refractivity (Wildman–Crippen MR) is 101 cm³/mol. The summed E-state index contributed by atoms with van der Waals surface area (Å²) in [6, 6.07) is 13.1. The van der Waals surface area contributed by atoms with E-state index in [9.17, 15) is 9.90 Å². The molecule has 0 atom stereocenters. The van der Waals surface area contributed by atoms with Gasteiger partial charge in [0.2, 0.25) is 0 Å². The van der Waals surface area contributed by atoms with Crippen molar-refractivity contribution in [2.75, 3.05) is 0 Å². The van der Waals surface area contributed by atoms with Crippen molar-refractivity contribution in [2.45, 2.75) is 6.92 Å². The van der Waals surface area contributed by atoms with Crippen molar-refractivity contribution in [3.63, 3.8) is 0 Å². The topological polar surface area (TPSA) is 79.5 Å². The van der Waals surface area contributed by atoms with Crippen LogP contribution in [0.15, 0.2) is 53.6 Å². The Hall–Kier alpha value is -2.83. The molecule has 2 aromatic carbocycles. The molecule has 0 saturated carbocycles. The Kier molecular flexibility index (Phi) is 5.25. The molecule has 0 aliphatic rings. The van der Waals surface area contributed by atoms with Crippen LogP contribution in [0.5, 0.6) is 5.75 Å². The molecule has 8 heteroatoms. The monoisotopic (exact) mass is 388 g/mol. The second-order valence-corrected chi connectivity index (χ2v) is 6.23. The van der Waals surface area contributed by atoms with Gasteiger partial charge in [-0.25, -0.2) is 10.1 Å². The Morgan fingerprint density at radius 1 is 1.23 bits per heavy atom. The van der Waals surface area contributed by atoms with Crippen LogP contribution in [0.3, 0.4) is 0 Å². The summed E-state index contributed by atoms with van der Waals surface area (Å²) in [7, 11) is 0. The third-order valence-electron chi connectivity index (χ3n) is 3.57. The fraction of sp³-hybridized carbons (Fsp3) is 0.0556. The summed E-state index contributed by atoms with van der Waals surface area (Å²) in [6.07, 6.45) is 1.42. The summed E-state index contributed by atoms with van der Waals surface area (Å²) >= 11 is 12.4. The lowest BCUT2D eigenvalue weighted by Gasteiger charge is -2.03. The molecule has 0 bridgehead atoms. The Labute approximate surface area is 159 Å². The Morgan fingerprint density at radius 3 is 2.73 bits per heavy atom. The lowest BCUT2D eigenvalue weighted by molar-refractivity contribution is 0.0954. The molecule has 132 valence electrons. The van der Waals surface area contributed by atoms with Crippen LogP contribution in [-0.2, 0) is 0 Å². The number of hydrogen-bond acceptors (Lipinski definition) is 4. The van der Waals surface area contributed by atoms with Crippen molar-refractivity contribution in [2.24, 2.45) is 5.10 Å². The number of aromatic hydroxyl groups is 1. The summed E-state index contributed by atoms with van der Waals surface area (Å²) in [4.78, 5) is 12.0. The van der Waals surface area contributed by atoms with Gasteiger partial charge in [-0.1, -0.05) is 35.3 Å². The summed E-state index contributed by atoms with van der Waals surface area (Å²) in [5.41, 5.74) is 4.61. The number of hydrazone groups is 1. The van der Waals surface area contributed by atoms with Gasteiger partial charge in [-0.2, -0.15) is 10.2 Å². The average molecular weight is 389 g/mol. The van der Waals surface area contributed by atoms with Crippen molar-refractivity contribution < 1.29 is 9.90 Å². The van der Waals surface area contributed by atoms with E-state index in [4.69, 9.17) is 23.2 Å². The minimum atomic E-state index is -0.451. The predicted octanol–water partition coefficient (Wildman–Crippen LogP) is 3.96. The molecular weight excluding hydrogens is 375 g/mol. The highest BCUT2D eigenvalue weighted by atomic mass is 35.5. The standard InChI is InChI=1S/C18H14Cl2N4O2/c1-11-16(10-21-22-18(26)12-4-2-7-15(25)8-12)17(20)24(23-11)14-6-3-5-13(19)9-14/h2-10,25H,1H3,(H,22,26)/b21-10-. The van der Waals surface area contributed by atoms with Gasteiger partial charge in [0.25, 0.3) is 5.91 Å². The number of rotatable bonds is 4. The largest absolute Gasteiger partial charge is 0.508 e. The zero-order chi connectivity index (χ0) is 18.7. The second kappa shape index (κ2) is 7.59. The van der Waals surface area contributed by atoms with Gasteiger partial charge in [0.15, 0.2) is 0 Å². The highest BCUT2D eigenvalue weighted by molar-refractivity contribution is 6.32. The molecule has 3 rings (SSSR count). The molecule has 26 heavy (non-hydrogen) atoms. The molecule has 1 amide bonds. The molecule has 1 heterocycles. The van der Waals surface area contributed by atoms with Crippen molar-refractivity contribution in [3.8, 4) is 11.4 Å². The lowest BCUT2D eigenvalue weighted by atomic mass is 10.2. The summed E-state index contributed by atoms with van der Waals surface area (Å²) in [6.45, 7) is 1.78. The third-order valence-corrected chi connectivity index (χ3v) is 4.17. The highest BCUT2D eigenvalue weighted by Crippen LogP contribution is 2.23. The van der Waals surface area contributed by atoms with Gasteiger partial charge in [0.05, 0.1) is 23.2 Å². The number of hydrogen-bond donors (Lipinski definition) is 2. The number of nitrogens with zero attached hydrogens (tertiary/aromatic N) is 3. The zero-order valence-electron chi connectivity index (χ0n) is 13.6. The molecule has 0 unspecified atom stereocenters. The van der Waals surface area contributed by atoms with E-state index in [1.165, 1.54) is 18.3 Å². The molecule has 0 aliphatic heterocycles. The molecule has 0 spiro atoms. The Morgan fingerprint density at radius 2 is 2.00 bits per heavy atom. The Balaban J connectivity index is 1.80. The van der Waals surface area contributed by atoms with Crippen molar-refractivity contribution >= 4 is 35.3 Å². The van der Waals surface area contributed by atoms with Crippen molar-refractivity contribution in [1.82, 2.24) is 15.2 Å². The number of aromatic nitrogens is 2. The maximum atomic E-state index is 12.0. The van der Waals surface area contributed by atoms with Crippen LogP contribution in [-0.4, -0.2) is 27.0 Å². The van der Waals surface area contributed by atoms with Crippen molar-refractivity contribution in [1.29, 1.82) is 0 Å². The maximum Gasteiger partial charge on any atom is 0.271 e. The third kappa shape index (κ3) is 3.87. The number of carbonyl (C=O) groups is 1. The van der Waals surface area contributed by atoms with Gasteiger partial charge < -0.3 is 5.11 Å². The van der Waals surface area contributed by atoms with Crippen LogP contribution >= 0.6 is 23.2 Å². The minimum Gasteiger partial charge on any atom is -0.508 e. The number of carbonyl (C=O) groups excluding carboxylic acids is 1.